The summed E-state index contributed by atoms with van der Waals surface area (Å²) in [5, 5.41) is 5.80. The lowest BCUT2D eigenvalue weighted by molar-refractivity contribution is 0.573. The van der Waals surface area contributed by atoms with Crippen molar-refractivity contribution >= 4 is 39.6 Å². The Morgan fingerprint density at radius 1 is 0.653 bits per heavy atom. The van der Waals surface area contributed by atoms with Crippen LogP contribution in [0.3, 0.4) is 0 Å². The molecule has 1 N–H and O–H groups in total. The lowest BCUT2D eigenvalue weighted by atomic mass is 9.82. The Morgan fingerprint density at radius 3 is 2.00 bits per heavy atom. The SMILES string of the molecule is C[C@]1(C2=NC(c3cccc(-c4cccc(-c5cccc(-c6ccc7c(c6)c6c(c8nccnc87)CCC=C6)c5)c4)c3)=NCN2)C=CC=CC1. The van der Waals surface area contributed by atoms with Crippen LogP contribution in [0.4, 0.5) is 0 Å². The molecule has 0 spiro atoms. The number of fused-ring (bicyclic) bond motifs is 6. The molecule has 5 heteroatoms. The molecule has 2 heterocycles. The van der Waals surface area contributed by atoms with Gasteiger partial charge in [0.25, 0.3) is 0 Å². The highest BCUT2D eigenvalue weighted by atomic mass is 15.2. The van der Waals surface area contributed by atoms with Crippen molar-refractivity contribution in [2.24, 2.45) is 15.4 Å². The Morgan fingerprint density at radius 2 is 1.31 bits per heavy atom. The molecule has 0 radical (unpaired) electrons. The quantitative estimate of drug-likeness (QED) is 0.192. The number of nitrogens with one attached hydrogen (secondary N) is 1. The van der Waals surface area contributed by atoms with Gasteiger partial charge < -0.3 is 5.32 Å². The number of aryl methyl sites for hydroxylation is 1. The van der Waals surface area contributed by atoms with E-state index in [9.17, 15) is 0 Å². The highest BCUT2D eigenvalue weighted by Crippen LogP contribution is 2.38. The second-order valence-corrected chi connectivity index (χ2v) is 13.3. The molecular weight excluding hydrogens is 599 g/mol. The maximum atomic E-state index is 5.00. The van der Waals surface area contributed by atoms with Crippen molar-refractivity contribution in [1.82, 2.24) is 15.3 Å². The lowest BCUT2D eigenvalue weighted by Crippen LogP contribution is -2.41. The van der Waals surface area contributed by atoms with E-state index in [1.54, 1.807) is 12.4 Å². The van der Waals surface area contributed by atoms with Gasteiger partial charge in [-0.05, 0) is 100 Å². The van der Waals surface area contributed by atoms with Crippen LogP contribution >= 0.6 is 0 Å². The maximum absolute atomic E-state index is 5.00. The Kier molecular flexibility index (Phi) is 7.12. The fourth-order valence-electron chi connectivity index (χ4n) is 7.42. The minimum absolute atomic E-state index is 0.150. The van der Waals surface area contributed by atoms with E-state index in [-0.39, 0.29) is 5.41 Å². The van der Waals surface area contributed by atoms with E-state index in [0.29, 0.717) is 6.67 Å². The van der Waals surface area contributed by atoms with E-state index < -0.39 is 0 Å². The number of hydrogen-bond donors (Lipinski definition) is 1. The summed E-state index contributed by atoms with van der Waals surface area (Å²) in [5.41, 5.74) is 12.5. The van der Waals surface area contributed by atoms with Crippen LogP contribution in [-0.4, -0.2) is 28.3 Å². The van der Waals surface area contributed by atoms with Crippen LogP contribution in [0.5, 0.6) is 0 Å². The fourth-order valence-corrected chi connectivity index (χ4v) is 7.42. The van der Waals surface area contributed by atoms with Gasteiger partial charge in [0.2, 0.25) is 0 Å². The molecule has 0 fully saturated rings. The molecule has 0 saturated heterocycles. The second-order valence-electron chi connectivity index (χ2n) is 13.3. The first-order valence-electron chi connectivity index (χ1n) is 17.0. The maximum Gasteiger partial charge on any atom is 0.158 e. The van der Waals surface area contributed by atoms with Gasteiger partial charge in [-0.3, -0.25) is 9.97 Å². The third-order valence-electron chi connectivity index (χ3n) is 10.1. The smallest absolute Gasteiger partial charge is 0.158 e. The summed E-state index contributed by atoms with van der Waals surface area (Å²) in [4.78, 5) is 19.2. The van der Waals surface area contributed by atoms with Crippen molar-refractivity contribution in [2.45, 2.75) is 26.2 Å². The summed E-state index contributed by atoms with van der Waals surface area (Å²) >= 11 is 0. The van der Waals surface area contributed by atoms with E-state index in [1.807, 2.05) is 0 Å². The van der Waals surface area contributed by atoms with E-state index in [0.717, 1.165) is 64.0 Å². The second kappa shape index (κ2) is 11.9. The van der Waals surface area contributed by atoms with E-state index in [1.165, 1.54) is 38.8 Å². The third kappa shape index (κ3) is 5.28. The molecule has 5 nitrogen and oxygen atoms in total. The average molecular weight is 634 g/mol. The molecule has 3 aliphatic rings. The summed E-state index contributed by atoms with van der Waals surface area (Å²) in [5.74, 6) is 1.74. The number of hydrogen-bond acceptors (Lipinski definition) is 5. The van der Waals surface area contributed by atoms with Gasteiger partial charge in [-0.25, -0.2) is 9.98 Å². The number of amidine groups is 2. The standard InChI is InChI=1S/C44H35N5/c1-44(20-5-2-6-21-44)43-48-28-47-42(49-43)35-15-9-14-33(26-35)31-12-7-10-29(24-31)30-11-8-13-32(25-30)34-18-19-38-39(27-34)36-16-3-4-17-37(36)40-41(38)46-23-22-45-40/h2-3,5-16,18-20,22-27H,4,17,21,28H2,1H3,(H,47,48,49)/t44-/m0/s1. The molecule has 236 valence electrons. The van der Waals surface area contributed by atoms with Crippen molar-refractivity contribution in [1.29, 1.82) is 0 Å². The van der Waals surface area contributed by atoms with E-state index in [2.05, 4.69) is 140 Å². The number of aliphatic imine (C=N–C) groups is 2. The predicted molar refractivity (Wildman–Crippen MR) is 204 cm³/mol. The van der Waals surface area contributed by atoms with Gasteiger partial charge >= 0.3 is 0 Å². The Labute approximate surface area is 286 Å². The Hall–Kier alpha value is -5.94. The molecule has 9 rings (SSSR count). The highest BCUT2D eigenvalue weighted by molar-refractivity contribution is 6.11. The van der Waals surface area contributed by atoms with Gasteiger partial charge in [0.15, 0.2) is 5.84 Å². The largest absolute Gasteiger partial charge is 0.354 e. The average Bonchev–Trinajstić information content (AvgIpc) is 3.18. The van der Waals surface area contributed by atoms with Crippen LogP contribution in [-0.2, 0) is 6.42 Å². The predicted octanol–water partition coefficient (Wildman–Crippen LogP) is 9.97. The molecule has 5 aromatic carbocycles. The first kappa shape index (κ1) is 29.2. The molecule has 0 saturated carbocycles. The normalized spacial score (nSPS) is 18.2. The Bertz CT molecular complexity index is 2450. The van der Waals surface area contributed by atoms with Crippen LogP contribution in [0, 0.1) is 5.41 Å². The molecule has 1 aliphatic heterocycles. The van der Waals surface area contributed by atoms with Crippen LogP contribution in [0.2, 0.25) is 0 Å². The zero-order valence-electron chi connectivity index (χ0n) is 27.4. The number of nitrogens with zero attached hydrogens (tertiary/aromatic N) is 4. The van der Waals surface area contributed by atoms with Crippen LogP contribution in [0.25, 0.3) is 61.3 Å². The monoisotopic (exact) mass is 633 g/mol. The minimum Gasteiger partial charge on any atom is -0.354 e. The van der Waals surface area contributed by atoms with Gasteiger partial charge in [-0.2, -0.15) is 0 Å². The van der Waals surface area contributed by atoms with E-state index >= 15 is 0 Å². The first-order chi connectivity index (χ1) is 24.1. The number of allylic oxidation sites excluding steroid dienone is 4. The van der Waals surface area contributed by atoms with Gasteiger partial charge in [-0.1, -0.05) is 103 Å². The van der Waals surface area contributed by atoms with Crippen LogP contribution in [0.15, 0.2) is 144 Å². The molecule has 1 aromatic heterocycles. The summed E-state index contributed by atoms with van der Waals surface area (Å²) in [6.45, 7) is 2.75. The molecule has 0 amide bonds. The van der Waals surface area contributed by atoms with Gasteiger partial charge in [0.1, 0.15) is 12.5 Å². The lowest BCUT2D eigenvalue weighted by Gasteiger charge is -2.30. The Balaban J connectivity index is 1.05. The molecule has 49 heavy (non-hydrogen) atoms. The molecule has 6 aromatic rings. The fraction of sp³-hybridized carbons (Fsp3) is 0.136. The van der Waals surface area contributed by atoms with E-state index in [4.69, 9.17) is 20.0 Å². The van der Waals surface area contributed by atoms with Crippen molar-refractivity contribution in [2.75, 3.05) is 6.67 Å². The summed E-state index contributed by atoms with van der Waals surface area (Å²) in [7, 11) is 0. The summed E-state index contributed by atoms with van der Waals surface area (Å²) in [6, 6.07) is 33.0. The van der Waals surface area contributed by atoms with Gasteiger partial charge in [-0.15, -0.1) is 0 Å². The zero-order chi connectivity index (χ0) is 32.8. The molecule has 0 unspecified atom stereocenters. The van der Waals surface area contributed by atoms with Crippen molar-refractivity contribution in [3.8, 4) is 33.4 Å². The summed E-state index contributed by atoms with van der Waals surface area (Å²) in [6.07, 6.45) is 19.7. The van der Waals surface area contributed by atoms with Crippen LogP contribution < -0.4 is 5.32 Å². The topological polar surface area (TPSA) is 62.5 Å². The molecule has 2 aliphatic carbocycles. The van der Waals surface area contributed by atoms with Crippen molar-refractivity contribution < 1.29 is 0 Å². The van der Waals surface area contributed by atoms with Gasteiger partial charge in [0.05, 0.1) is 11.0 Å². The number of benzene rings is 5. The van der Waals surface area contributed by atoms with Crippen LogP contribution in [0.1, 0.15) is 36.5 Å². The first-order valence-corrected chi connectivity index (χ1v) is 17.0. The molecular formula is C44H35N5. The summed E-state index contributed by atoms with van der Waals surface area (Å²) < 4.78 is 0. The number of aromatic nitrogens is 2. The minimum atomic E-state index is -0.150. The molecule has 0 bridgehead atoms. The molecule has 1 atom stereocenters. The third-order valence-corrected chi connectivity index (χ3v) is 10.1. The highest BCUT2D eigenvalue weighted by Gasteiger charge is 2.29. The zero-order valence-corrected chi connectivity index (χ0v) is 27.4. The van der Waals surface area contributed by atoms with Gasteiger partial charge in [0, 0.05) is 28.8 Å². The van der Waals surface area contributed by atoms with Crippen molar-refractivity contribution in [3.05, 3.63) is 150 Å². The number of rotatable bonds is 5. The van der Waals surface area contributed by atoms with Crippen molar-refractivity contribution in [3.63, 3.8) is 0 Å².